The minimum Gasteiger partial charge on any atom is -0.399 e. The van der Waals surface area contributed by atoms with Gasteiger partial charge in [0.15, 0.2) is 0 Å². The van der Waals surface area contributed by atoms with Gasteiger partial charge in [-0.25, -0.2) is 0 Å². The van der Waals surface area contributed by atoms with Crippen molar-refractivity contribution in [1.82, 2.24) is 9.80 Å². The van der Waals surface area contributed by atoms with Crippen LogP contribution in [0, 0.1) is 0 Å². The van der Waals surface area contributed by atoms with Gasteiger partial charge in [-0.1, -0.05) is 11.7 Å². The molecule has 0 aromatic rings. The molecule has 86 valence electrons. The molecule has 0 aromatic carbocycles. The molecule has 0 aromatic heterocycles. The first-order valence-corrected chi connectivity index (χ1v) is 5.39. The quantitative estimate of drug-likeness (QED) is 0.497. The molecule has 1 heterocycles. The van der Waals surface area contributed by atoms with E-state index in [1.165, 1.54) is 0 Å². The molecule has 15 heavy (non-hydrogen) atoms. The van der Waals surface area contributed by atoms with Crippen molar-refractivity contribution >= 4 is 5.71 Å². The summed E-state index contributed by atoms with van der Waals surface area (Å²) in [5.41, 5.74) is 0.927. The fourth-order valence-electron chi connectivity index (χ4n) is 1.65. The summed E-state index contributed by atoms with van der Waals surface area (Å²) in [5.74, 6) is 0. The lowest BCUT2D eigenvalue weighted by Crippen LogP contribution is -2.44. The first kappa shape index (κ1) is 12.2. The molecule has 0 atom stereocenters. The number of rotatable bonds is 5. The van der Waals surface area contributed by atoms with Crippen molar-refractivity contribution in [3.8, 4) is 0 Å². The normalized spacial score (nSPS) is 20.3. The molecular formula is C11H21N3O. The van der Waals surface area contributed by atoms with E-state index in [1.807, 2.05) is 0 Å². The van der Waals surface area contributed by atoms with E-state index in [1.54, 1.807) is 13.2 Å². The zero-order chi connectivity index (χ0) is 11.1. The molecule has 0 N–H and O–H groups in total. The SMILES string of the molecule is C=C/C(CCN1CCN(C)CC1)=N\OC. The van der Waals surface area contributed by atoms with Gasteiger partial charge in [0.2, 0.25) is 0 Å². The van der Waals surface area contributed by atoms with E-state index in [9.17, 15) is 0 Å². The Morgan fingerprint density at radius 1 is 1.40 bits per heavy atom. The summed E-state index contributed by atoms with van der Waals surface area (Å²) in [6, 6.07) is 0. The van der Waals surface area contributed by atoms with Crippen LogP contribution in [-0.4, -0.2) is 62.4 Å². The maximum absolute atomic E-state index is 4.74. The van der Waals surface area contributed by atoms with Crippen LogP contribution in [-0.2, 0) is 4.84 Å². The van der Waals surface area contributed by atoms with Gasteiger partial charge in [0.05, 0.1) is 5.71 Å². The van der Waals surface area contributed by atoms with Crippen molar-refractivity contribution in [2.24, 2.45) is 5.16 Å². The van der Waals surface area contributed by atoms with Gasteiger partial charge in [0, 0.05) is 39.1 Å². The van der Waals surface area contributed by atoms with E-state index in [0.29, 0.717) is 0 Å². The van der Waals surface area contributed by atoms with Crippen LogP contribution in [0.1, 0.15) is 6.42 Å². The topological polar surface area (TPSA) is 28.1 Å². The minimum atomic E-state index is 0.918. The highest BCUT2D eigenvalue weighted by atomic mass is 16.6. The molecule has 1 saturated heterocycles. The molecule has 1 fully saturated rings. The van der Waals surface area contributed by atoms with Crippen LogP contribution in [0.15, 0.2) is 17.8 Å². The monoisotopic (exact) mass is 211 g/mol. The average Bonchev–Trinajstić information content (AvgIpc) is 2.26. The Morgan fingerprint density at radius 3 is 2.60 bits per heavy atom. The molecule has 0 saturated carbocycles. The lowest BCUT2D eigenvalue weighted by Gasteiger charge is -2.32. The molecule has 1 aliphatic heterocycles. The largest absolute Gasteiger partial charge is 0.399 e. The van der Waals surface area contributed by atoms with Gasteiger partial charge in [0.25, 0.3) is 0 Å². The third kappa shape index (κ3) is 4.44. The summed E-state index contributed by atoms with van der Waals surface area (Å²) in [4.78, 5) is 9.55. The van der Waals surface area contributed by atoms with Crippen LogP contribution in [0.5, 0.6) is 0 Å². The number of allylic oxidation sites excluding steroid dienone is 1. The van der Waals surface area contributed by atoms with Crippen LogP contribution in [0.25, 0.3) is 0 Å². The van der Waals surface area contributed by atoms with Crippen LogP contribution >= 0.6 is 0 Å². The summed E-state index contributed by atoms with van der Waals surface area (Å²) in [6.07, 6.45) is 2.68. The fourth-order valence-corrected chi connectivity index (χ4v) is 1.65. The van der Waals surface area contributed by atoms with E-state index in [4.69, 9.17) is 4.84 Å². The lowest BCUT2D eigenvalue weighted by molar-refractivity contribution is 0.156. The van der Waals surface area contributed by atoms with E-state index < -0.39 is 0 Å². The van der Waals surface area contributed by atoms with Gasteiger partial charge >= 0.3 is 0 Å². The van der Waals surface area contributed by atoms with Crippen LogP contribution < -0.4 is 0 Å². The average molecular weight is 211 g/mol. The Morgan fingerprint density at radius 2 is 2.07 bits per heavy atom. The number of hydrogen-bond acceptors (Lipinski definition) is 4. The first-order chi connectivity index (χ1) is 7.26. The summed E-state index contributed by atoms with van der Waals surface area (Å²) in [7, 11) is 3.73. The molecule has 0 spiro atoms. The standard InChI is InChI=1S/C11H21N3O/c1-4-11(12-15-3)5-6-14-9-7-13(2)8-10-14/h4H,1,5-10H2,2-3H3/b12-11+. The smallest absolute Gasteiger partial charge is 0.106 e. The summed E-state index contributed by atoms with van der Waals surface area (Å²) in [5, 5.41) is 3.90. The van der Waals surface area contributed by atoms with Crippen molar-refractivity contribution in [3.05, 3.63) is 12.7 Å². The number of nitrogens with zero attached hydrogens (tertiary/aromatic N) is 3. The van der Waals surface area contributed by atoms with E-state index in [-0.39, 0.29) is 0 Å². The van der Waals surface area contributed by atoms with Crippen molar-refractivity contribution in [3.63, 3.8) is 0 Å². The van der Waals surface area contributed by atoms with E-state index in [2.05, 4.69) is 28.6 Å². The molecular weight excluding hydrogens is 190 g/mol. The number of hydrogen-bond donors (Lipinski definition) is 0. The zero-order valence-corrected chi connectivity index (χ0v) is 9.78. The van der Waals surface area contributed by atoms with E-state index in [0.717, 1.165) is 44.9 Å². The highest BCUT2D eigenvalue weighted by Gasteiger charge is 2.13. The Balaban J connectivity index is 2.24. The molecule has 4 nitrogen and oxygen atoms in total. The van der Waals surface area contributed by atoms with Crippen molar-refractivity contribution in [2.75, 3.05) is 46.9 Å². The van der Waals surface area contributed by atoms with Gasteiger partial charge in [-0.15, -0.1) is 0 Å². The summed E-state index contributed by atoms with van der Waals surface area (Å²) >= 11 is 0. The van der Waals surface area contributed by atoms with Gasteiger partial charge in [-0.3, -0.25) is 0 Å². The van der Waals surface area contributed by atoms with Crippen LogP contribution in [0.3, 0.4) is 0 Å². The van der Waals surface area contributed by atoms with Gasteiger partial charge in [-0.2, -0.15) is 0 Å². The first-order valence-electron chi connectivity index (χ1n) is 5.39. The van der Waals surface area contributed by atoms with Crippen molar-refractivity contribution in [1.29, 1.82) is 0 Å². The minimum absolute atomic E-state index is 0.918. The Kier molecular flexibility index (Phi) is 5.36. The third-order valence-electron chi connectivity index (χ3n) is 2.72. The Hall–Kier alpha value is -0.870. The summed E-state index contributed by atoms with van der Waals surface area (Å²) < 4.78 is 0. The molecule has 0 aliphatic carbocycles. The fraction of sp³-hybridized carbons (Fsp3) is 0.727. The zero-order valence-electron chi connectivity index (χ0n) is 9.78. The Bertz CT molecular complexity index is 220. The van der Waals surface area contributed by atoms with Crippen LogP contribution in [0.4, 0.5) is 0 Å². The number of oxime groups is 1. The molecule has 4 heteroatoms. The lowest BCUT2D eigenvalue weighted by atomic mass is 10.2. The number of piperazine rings is 1. The predicted octanol–water partition coefficient (Wildman–Crippen LogP) is 0.812. The third-order valence-corrected chi connectivity index (χ3v) is 2.72. The Labute approximate surface area is 92.2 Å². The van der Waals surface area contributed by atoms with Gasteiger partial charge in [-0.05, 0) is 13.1 Å². The molecule has 0 amide bonds. The van der Waals surface area contributed by atoms with Crippen molar-refractivity contribution in [2.45, 2.75) is 6.42 Å². The van der Waals surface area contributed by atoms with Gasteiger partial charge < -0.3 is 14.6 Å². The van der Waals surface area contributed by atoms with Crippen LogP contribution in [0.2, 0.25) is 0 Å². The maximum Gasteiger partial charge on any atom is 0.106 e. The second-order valence-electron chi connectivity index (χ2n) is 3.86. The molecule has 1 rings (SSSR count). The second kappa shape index (κ2) is 6.58. The summed E-state index contributed by atoms with van der Waals surface area (Å²) in [6.45, 7) is 9.37. The highest BCUT2D eigenvalue weighted by molar-refractivity contribution is 5.94. The molecule has 0 unspecified atom stereocenters. The molecule has 0 radical (unpaired) electrons. The highest BCUT2D eigenvalue weighted by Crippen LogP contribution is 2.01. The maximum atomic E-state index is 4.74. The predicted molar refractivity (Wildman–Crippen MR) is 63.2 cm³/mol. The second-order valence-corrected chi connectivity index (χ2v) is 3.86. The molecule has 1 aliphatic rings. The number of likely N-dealkylation sites (N-methyl/N-ethyl adjacent to an activating group) is 1. The van der Waals surface area contributed by atoms with Gasteiger partial charge in [0.1, 0.15) is 7.11 Å². The van der Waals surface area contributed by atoms with E-state index >= 15 is 0 Å². The van der Waals surface area contributed by atoms with Crippen molar-refractivity contribution < 1.29 is 4.84 Å². The molecule has 0 bridgehead atoms.